The SMILES string of the molecule is C=C(C)C(=O)OC(CCO)Cc1ccc(-c2ccc(CCCCC)cc2)c(CC)c1. The van der Waals surface area contributed by atoms with Crippen molar-refractivity contribution < 1.29 is 14.6 Å². The molecule has 1 atom stereocenters. The Bertz CT molecular complexity index is 821. The van der Waals surface area contributed by atoms with Gasteiger partial charge in [0, 0.05) is 25.0 Å². The molecule has 0 spiro atoms. The Kier molecular flexibility index (Phi) is 9.82. The van der Waals surface area contributed by atoms with Gasteiger partial charge in [0.25, 0.3) is 0 Å². The molecule has 0 aliphatic rings. The first-order valence-electron chi connectivity index (χ1n) is 11.2. The number of ether oxygens (including phenoxy) is 1. The van der Waals surface area contributed by atoms with Crippen molar-refractivity contribution in [3.8, 4) is 11.1 Å². The minimum Gasteiger partial charge on any atom is -0.459 e. The third-order valence-electron chi connectivity index (χ3n) is 5.42. The molecule has 1 N–H and O–H groups in total. The molecule has 30 heavy (non-hydrogen) atoms. The van der Waals surface area contributed by atoms with Crippen LogP contribution in [0.1, 0.15) is 63.1 Å². The van der Waals surface area contributed by atoms with Crippen LogP contribution in [0.2, 0.25) is 0 Å². The van der Waals surface area contributed by atoms with Crippen LogP contribution >= 0.6 is 0 Å². The van der Waals surface area contributed by atoms with Crippen molar-refractivity contribution in [3.63, 3.8) is 0 Å². The lowest BCUT2D eigenvalue weighted by molar-refractivity contribution is -0.144. The van der Waals surface area contributed by atoms with E-state index < -0.39 is 5.97 Å². The summed E-state index contributed by atoms with van der Waals surface area (Å²) in [4.78, 5) is 11.9. The Labute approximate surface area is 181 Å². The zero-order chi connectivity index (χ0) is 21.9. The lowest BCUT2D eigenvalue weighted by Gasteiger charge is -2.18. The first kappa shape index (κ1) is 23.9. The van der Waals surface area contributed by atoms with Gasteiger partial charge < -0.3 is 9.84 Å². The molecule has 0 radical (unpaired) electrons. The van der Waals surface area contributed by atoms with Crippen LogP contribution in [0.25, 0.3) is 11.1 Å². The van der Waals surface area contributed by atoms with Gasteiger partial charge in [-0.1, -0.05) is 75.7 Å². The van der Waals surface area contributed by atoms with E-state index in [0.29, 0.717) is 18.4 Å². The number of esters is 1. The van der Waals surface area contributed by atoms with Gasteiger partial charge in [-0.25, -0.2) is 4.79 Å². The van der Waals surface area contributed by atoms with Crippen LogP contribution in [0, 0.1) is 0 Å². The van der Waals surface area contributed by atoms with Crippen molar-refractivity contribution in [3.05, 3.63) is 71.3 Å². The van der Waals surface area contributed by atoms with Crippen LogP contribution in [-0.2, 0) is 28.8 Å². The minimum absolute atomic E-state index is 0.0164. The lowest BCUT2D eigenvalue weighted by Crippen LogP contribution is -2.22. The summed E-state index contributed by atoms with van der Waals surface area (Å²) in [6.07, 6.45) is 6.50. The molecule has 0 aliphatic heterocycles. The van der Waals surface area contributed by atoms with E-state index in [4.69, 9.17) is 4.74 Å². The maximum Gasteiger partial charge on any atom is 0.333 e. The summed E-state index contributed by atoms with van der Waals surface area (Å²) < 4.78 is 5.50. The maximum atomic E-state index is 11.9. The van der Waals surface area contributed by atoms with Gasteiger partial charge in [0.2, 0.25) is 0 Å². The Balaban J connectivity index is 2.15. The molecule has 2 aromatic rings. The van der Waals surface area contributed by atoms with E-state index >= 15 is 0 Å². The number of aryl methyl sites for hydroxylation is 2. The summed E-state index contributed by atoms with van der Waals surface area (Å²) >= 11 is 0. The monoisotopic (exact) mass is 408 g/mol. The zero-order valence-corrected chi connectivity index (χ0v) is 18.7. The summed E-state index contributed by atoms with van der Waals surface area (Å²) in [6.45, 7) is 9.65. The Morgan fingerprint density at radius 2 is 1.77 bits per heavy atom. The molecule has 0 bridgehead atoms. The molecule has 0 heterocycles. The van der Waals surface area contributed by atoms with E-state index in [-0.39, 0.29) is 12.7 Å². The van der Waals surface area contributed by atoms with E-state index in [9.17, 15) is 9.90 Å². The van der Waals surface area contributed by atoms with Crippen LogP contribution in [-0.4, -0.2) is 23.8 Å². The molecule has 3 heteroatoms. The highest BCUT2D eigenvalue weighted by molar-refractivity contribution is 5.87. The molecular weight excluding hydrogens is 372 g/mol. The number of carbonyl (C=O) groups excluding carboxylic acids is 1. The summed E-state index contributed by atoms with van der Waals surface area (Å²) in [7, 11) is 0. The van der Waals surface area contributed by atoms with E-state index in [0.717, 1.165) is 18.4 Å². The van der Waals surface area contributed by atoms with Crippen molar-refractivity contribution in [1.29, 1.82) is 0 Å². The molecule has 0 amide bonds. The summed E-state index contributed by atoms with van der Waals surface area (Å²) in [6, 6.07) is 15.4. The normalized spacial score (nSPS) is 11.9. The summed E-state index contributed by atoms with van der Waals surface area (Å²) in [5, 5.41) is 9.34. The molecule has 2 rings (SSSR count). The Hall–Kier alpha value is -2.39. The standard InChI is InChI=1S/C27H36O3/c1-5-7-8-9-21-10-13-24(14-11-21)26-15-12-22(18-23(26)6-2)19-25(16-17-28)30-27(29)20(3)4/h10-15,18,25,28H,3,5-9,16-17,19H2,1-2,4H3. The number of aliphatic hydroxyl groups is 1. The average Bonchev–Trinajstić information content (AvgIpc) is 2.74. The topological polar surface area (TPSA) is 46.5 Å². The van der Waals surface area contributed by atoms with Crippen molar-refractivity contribution >= 4 is 5.97 Å². The first-order valence-corrected chi connectivity index (χ1v) is 11.2. The molecule has 2 aromatic carbocycles. The number of hydrogen-bond donors (Lipinski definition) is 1. The quantitative estimate of drug-likeness (QED) is 0.264. The first-order chi connectivity index (χ1) is 14.5. The third kappa shape index (κ3) is 7.14. The second kappa shape index (κ2) is 12.3. The Morgan fingerprint density at radius 1 is 1.07 bits per heavy atom. The fourth-order valence-electron chi connectivity index (χ4n) is 3.64. The summed E-state index contributed by atoms with van der Waals surface area (Å²) in [5.41, 5.74) is 6.64. The van der Waals surface area contributed by atoms with Gasteiger partial charge in [0.1, 0.15) is 6.10 Å². The van der Waals surface area contributed by atoms with Crippen molar-refractivity contribution in [2.45, 2.75) is 71.8 Å². The number of benzene rings is 2. The van der Waals surface area contributed by atoms with Crippen molar-refractivity contribution in [2.24, 2.45) is 0 Å². The fraction of sp³-hybridized carbons (Fsp3) is 0.444. The predicted octanol–water partition coefficient (Wildman–Crippen LogP) is 6.06. The van der Waals surface area contributed by atoms with Crippen LogP contribution in [0.5, 0.6) is 0 Å². The lowest BCUT2D eigenvalue weighted by atomic mass is 9.93. The molecule has 0 saturated carbocycles. The largest absolute Gasteiger partial charge is 0.459 e. The van der Waals surface area contributed by atoms with Gasteiger partial charge in [-0.05, 0) is 54.0 Å². The zero-order valence-electron chi connectivity index (χ0n) is 18.7. The average molecular weight is 409 g/mol. The van der Waals surface area contributed by atoms with Crippen LogP contribution in [0.3, 0.4) is 0 Å². The molecule has 162 valence electrons. The maximum absolute atomic E-state index is 11.9. The molecule has 0 saturated heterocycles. The minimum atomic E-state index is -0.403. The van der Waals surface area contributed by atoms with E-state index in [1.165, 1.54) is 41.5 Å². The van der Waals surface area contributed by atoms with E-state index in [2.05, 4.69) is 62.9 Å². The van der Waals surface area contributed by atoms with E-state index in [1.54, 1.807) is 6.92 Å². The van der Waals surface area contributed by atoms with Gasteiger partial charge in [0.15, 0.2) is 0 Å². The smallest absolute Gasteiger partial charge is 0.333 e. The molecule has 0 aliphatic carbocycles. The highest BCUT2D eigenvalue weighted by Gasteiger charge is 2.16. The van der Waals surface area contributed by atoms with Crippen molar-refractivity contribution in [2.75, 3.05) is 6.61 Å². The van der Waals surface area contributed by atoms with Crippen molar-refractivity contribution in [1.82, 2.24) is 0 Å². The van der Waals surface area contributed by atoms with Crippen LogP contribution < -0.4 is 0 Å². The second-order valence-electron chi connectivity index (χ2n) is 8.02. The van der Waals surface area contributed by atoms with Crippen LogP contribution in [0.15, 0.2) is 54.6 Å². The predicted molar refractivity (Wildman–Crippen MR) is 125 cm³/mol. The number of hydrogen-bond acceptors (Lipinski definition) is 3. The number of unbranched alkanes of at least 4 members (excludes halogenated alkanes) is 2. The highest BCUT2D eigenvalue weighted by Crippen LogP contribution is 2.27. The molecule has 1 unspecified atom stereocenters. The third-order valence-corrected chi connectivity index (χ3v) is 5.42. The van der Waals surface area contributed by atoms with Gasteiger partial charge in [0.05, 0.1) is 0 Å². The molecule has 3 nitrogen and oxygen atoms in total. The summed E-state index contributed by atoms with van der Waals surface area (Å²) in [5.74, 6) is -0.403. The van der Waals surface area contributed by atoms with Crippen LogP contribution in [0.4, 0.5) is 0 Å². The van der Waals surface area contributed by atoms with Gasteiger partial charge in [-0.3, -0.25) is 0 Å². The molecule has 0 fully saturated rings. The van der Waals surface area contributed by atoms with E-state index in [1.807, 2.05) is 0 Å². The number of aliphatic hydroxyl groups excluding tert-OH is 1. The second-order valence-corrected chi connectivity index (χ2v) is 8.02. The molecule has 0 aromatic heterocycles. The van der Waals surface area contributed by atoms with Gasteiger partial charge in [-0.15, -0.1) is 0 Å². The van der Waals surface area contributed by atoms with Gasteiger partial charge >= 0.3 is 5.97 Å². The fourth-order valence-corrected chi connectivity index (χ4v) is 3.64. The van der Waals surface area contributed by atoms with Gasteiger partial charge in [-0.2, -0.15) is 0 Å². The highest BCUT2D eigenvalue weighted by atomic mass is 16.5. The number of rotatable bonds is 12. The number of carbonyl (C=O) groups is 1. The molecular formula is C27H36O3. The Morgan fingerprint density at radius 3 is 2.37 bits per heavy atom.